The minimum absolute atomic E-state index is 0.146. The minimum atomic E-state index is -0.475. The van der Waals surface area contributed by atoms with Crippen LogP contribution in [0.2, 0.25) is 0 Å². The highest BCUT2D eigenvalue weighted by Gasteiger charge is 2.20. The van der Waals surface area contributed by atoms with Gasteiger partial charge in [0.05, 0.1) is 0 Å². The fraction of sp³-hybridized carbons (Fsp3) is 0.200. The zero-order chi connectivity index (χ0) is 19.4. The van der Waals surface area contributed by atoms with E-state index in [2.05, 4.69) is 20.8 Å². The third kappa shape index (κ3) is 4.58. The molecule has 138 valence electrons. The van der Waals surface area contributed by atoms with Crippen LogP contribution in [-0.2, 0) is 5.41 Å². The predicted molar refractivity (Wildman–Crippen MR) is 102 cm³/mol. The summed E-state index contributed by atoms with van der Waals surface area (Å²) >= 11 is 0. The highest BCUT2D eigenvalue weighted by Crippen LogP contribution is 2.24. The number of carbonyl (C=O) groups excluding carboxylic acids is 2. The van der Waals surface area contributed by atoms with Gasteiger partial charge in [-0.05, 0) is 24.3 Å². The monoisotopic (exact) mass is 364 g/mol. The summed E-state index contributed by atoms with van der Waals surface area (Å²) in [5.41, 5.74) is 1.29. The second kappa shape index (κ2) is 7.41. The van der Waals surface area contributed by atoms with Crippen molar-refractivity contribution in [2.75, 3.05) is 10.6 Å². The van der Waals surface area contributed by atoms with Crippen LogP contribution in [0.5, 0.6) is 0 Å². The van der Waals surface area contributed by atoms with Crippen LogP contribution in [0.1, 0.15) is 42.5 Å². The largest absolute Gasteiger partial charge is 0.359 e. The first kappa shape index (κ1) is 18.3. The van der Waals surface area contributed by atoms with Crippen molar-refractivity contribution >= 4 is 23.3 Å². The summed E-state index contributed by atoms with van der Waals surface area (Å²) in [5.74, 6) is 0.844. The van der Waals surface area contributed by atoms with E-state index in [1.807, 2.05) is 20.8 Å². The molecule has 0 aliphatic carbocycles. The van der Waals surface area contributed by atoms with Crippen LogP contribution < -0.4 is 10.6 Å². The van der Waals surface area contributed by atoms with Gasteiger partial charge < -0.3 is 9.84 Å². The molecule has 0 radical (unpaired) electrons. The Kier molecular flexibility index (Phi) is 5.03. The van der Waals surface area contributed by atoms with Gasteiger partial charge in [0, 0.05) is 40.7 Å². The number of hydrogen-bond acceptors (Lipinski definition) is 5. The molecule has 0 atom stereocenters. The lowest BCUT2D eigenvalue weighted by Gasteiger charge is -2.12. The molecule has 2 N–H and O–H groups in total. The average molecular weight is 364 g/mol. The fourth-order valence-electron chi connectivity index (χ4n) is 2.37. The van der Waals surface area contributed by atoms with E-state index in [0.717, 1.165) is 0 Å². The van der Waals surface area contributed by atoms with Crippen molar-refractivity contribution in [1.82, 2.24) is 10.1 Å². The molecule has 0 aliphatic rings. The average Bonchev–Trinajstić information content (AvgIpc) is 3.11. The summed E-state index contributed by atoms with van der Waals surface area (Å²) in [6, 6.07) is 11.2. The van der Waals surface area contributed by atoms with Crippen LogP contribution in [-0.4, -0.2) is 22.0 Å². The lowest BCUT2D eigenvalue weighted by Crippen LogP contribution is -2.20. The molecule has 2 heterocycles. The van der Waals surface area contributed by atoms with Gasteiger partial charge in [-0.25, -0.2) is 4.79 Å². The molecule has 0 spiro atoms. The van der Waals surface area contributed by atoms with E-state index in [-0.39, 0.29) is 11.2 Å². The standard InChI is InChI=1S/C20H20N4O3/c1-20(2,3)16-12-17(24-27-16)23-19(26)22-15-6-4-5-14(11-15)18(25)13-7-9-21-10-8-13/h4-12H,1-3H3,(H2,22,23,24,26). The molecule has 7 heteroatoms. The molecule has 2 aromatic heterocycles. The Labute approximate surface area is 156 Å². The summed E-state index contributed by atoms with van der Waals surface area (Å²) in [7, 11) is 0. The zero-order valence-electron chi connectivity index (χ0n) is 15.3. The zero-order valence-corrected chi connectivity index (χ0v) is 15.3. The Morgan fingerprint density at radius 3 is 2.37 bits per heavy atom. The molecule has 2 amide bonds. The van der Waals surface area contributed by atoms with Crippen molar-refractivity contribution < 1.29 is 14.1 Å². The lowest BCUT2D eigenvalue weighted by atomic mass is 9.93. The molecule has 0 bridgehead atoms. The topological polar surface area (TPSA) is 97.1 Å². The molecule has 0 aliphatic heterocycles. The number of pyridine rings is 1. The summed E-state index contributed by atoms with van der Waals surface area (Å²) in [6.07, 6.45) is 3.12. The van der Waals surface area contributed by atoms with Gasteiger partial charge in [0.25, 0.3) is 0 Å². The Balaban J connectivity index is 1.68. The van der Waals surface area contributed by atoms with E-state index < -0.39 is 6.03 Å². The number of hydrogen-bond donors (Lipinski definition) is 2. The van der Waals surface area contributed by atoms with Crippen molar-refractivity contribution in [3.63, 3.8) is 0 Å². The smallest absolute Gasteiger partial charge is 0.324 e. The molecule has 3 rings (SSSR count). The summed E-state index contributed by atoms with van der Waals surface area (Å²) in [4.78, 5) is 28.6. The van der Waals surface area contributed by atoms with Crippen LogP contribution in [0.3, 0.4) is 0 Å². The maximum Gasteiger partial charge on any atom is 0.324 e. The number of ketones is 1. The fourth-order valence-corrected chi connectivity index (χ4v) is 2.37. The Bertz CT molecular complexity index is 959. The first-order valence-corrected chi connectivity index (χ1v) is 8.43. The number of nitrogens with one attached hydrogen (secondary N) is 2. The molecular weight excluding hydrogens is 344 g/mol. The molecule has 0 unspecified atom stereocenters. The molecule has 3 aromatic rings. The van der Waals surface area contributed by atoms with Crippen molar-refractivity contribution in [2.24, 2.45) is 0 Å². The number of nitrogens with zero attached hydrogens (tertiary/aromatic N) is 2. The van der Waals surface area contributed by atoms with Crippen LogP contribution in [0.25, 0.3) is 0 Å². The lowest BCUT2D eigenvalue weighted by molar-refractivity contribution is 0.103. The number of aromatic nitrogens is 2. The third-order valence-corrected chi connectivity index (χ3v) is 3.82. The number of carbonyl (C=O) groups is 2. The van der Waals surface area contributed by atoms with E-state index >= 15 is 0 Å². The van der Waals surface area contributed by atoms with Gasteiger partial charge in [-0.3, -0.25) is 15.1 Å². The summed E-state index contributed by atoms with van der Waals surface area (Å²) < 4.78 is 5.24. The van der Waals surface area contributed by atoms with Gasteiger partial charge in [-0.15, -0.1) is 0 Å². The number of urea groups is 1. The second-order valence-corrected chi connectivity index (χ2v) is 7.05. The van der Waals surface area contributed by atoms with Gasteiger partial charge in [-0.1, -0.05) is 38.1 Å². The molecule has 0 fully saturated rings. The molecule has 27 heavy (non-hydrogen) atoms. The van der Waals surface area contributed by atoms with E-state index in [9.17, 15) is 9.59 Å². The van der Waals surface area contributed by atoms with Gasteiger partial charge >= 0.3 is 6.03 Å². The second-order valence-electron chi connectivity index (χ2n) is 7.05. The molecule has 1 aromatic carbocycles. The summed E-state index contributed by atoms with van der Waals surface area (Å²) in [6.45, 7) is 5.97. The quantitative estimate of drug-likeness (QED) is 0.675. The van der Waals surface area contributed by atoms with Gasteiger partial charge in [-0.2, -0.15) is 0 Å². The Morgan fingerprint density at radius 2 is 1.70 bits per heavy atom. The first-order chi connectivity index (χ1) is 12.8. The van der Waals surface area contributed by atoms with Crippen molar-refractivity contribution in [3.8, 4) is 0 Å². The van der Waals surface area contributed by atoms with E-state index in [1.165, 1.54) is 0 Å². The van der Waals surface area contributed by atoms with Gasteiger partial charge in [0.1, 0.15) is 5.76 Å². The van der Waals surface area contributed by atoms with Gasteiger partial charge in [0.15, 0.2) is 11.6 Å². The van der Waals surface area contributed by atoms with Crippen LogP contribution in [0, 0.1) is 0 Å². The third-order valence-electron chi connectivity index (χ3n) is 3.82. The van der Waals surface area contributed by atoms with E-state index in [1.54, 1.807) is 54.9 Å². The highest BCUT2D eigenvalue weighted by molar-refractivity contribution is 6.10. The number of anilines is 2. The normalized spacial score (nSPS) is 11.1. The van der Waals surface area contributed by atoms with Crippen molar-refractivity contribution in [1.29, 1.82) is 0 Å². The molecular formula is C20H20N4O3. The van der Waals surface area contributed by atoms with Crippen LogP contribution in [0.4, 0.5) is 16.3 Å². The SMILES string of the molecule is CC(C)(C)c1cc(NC(=O)Nc2cccc(C(=O)c3ccncc3)c2)no1. The Hall–Kier alpha value is -3.48. The number of rotatable bonds is 4. The van der Waals surface area contributed by atoms with E-state index in [0.29, 0.717) is 28.4 Å². The molecule has 7 nitrogen and oxygen atoms in total. The first-order valence-electron chi connectivity index (χ1n) is 8.43. The van der Waals surface area contributed by atoms with E-state index in [4.69, 9.17) is 4.52 Å². The minimum Gasteiger partial charge on any atom is -0.359 e. The number of amides is 2. The van der Waals surface area contributed by atoms with Crippen LogP contribution >= 0.6 is 0 Å². The summed E-state index contributed by atoms with van der Waals surface area (Å²) in [5, 5.41) is 9.15. The maximum atomic E-state index is 12.5. The van der Waals surface area contributed by atoms with Gasteiger partial charge in [0.2, 0.25) is 0 Å². The number of benzene rings is 1. The highest BCUT2D eigenvalue weighted by atomic mass is 16.5. The van der Waals surface area contributed by atoms with Crippen molar-refractivity contribution in [2.45, 2.75) is 26.2 Å². The predicted octanol–water partition coefficient (Wildman–Crippen LogP) is 4.24. The molecule has 0 saturated heterocycles. The molecule has 0 saturated carbocycles. The maximum absolute atomic E-state index is 12.5. The van der Waals surface area contributed by atoms with Crippen LogP contribution in [0.15, 0.2) is 59.4 Å². The Morgan fingerprint density at radius 1 is 0.963 bits per heavy atom. The van der Waals surface area contributed by atoms with Crippen molar-refractivity contribution in [3.05, 3.63) is 71.7 Å².